The first-order valence-electron chi connectivity index (χ1n) is 11.7. The molecule has 178 valence electrons. The van der Waals surface area contributed by atoms with Crippen LogP contribution in [-0.2, 0) is 10.3 Å². The maximum absolute atomic E-state index is 9.97. The molecule has 4 rings (SSSR count). The Bertz CT molecular complexity index is 1010. The molecule has 8 heteroatoms. The highest BCUT2D eigenvalue weighted by molar-refractivity contribution is 5.56. The van der Waals surface area contributed by atoms with Crippen molar-refractivity contribution >= 4 is 0 Å². The summed E-state index contributed by atoms with van der Waals surface area (Å²) in [7, 11) is 1.60. The van der Waals surface area contributed by atoms with Crippen molar-refractivity contribution in [2.75, 3.05) is 20.3 Å². The molecule has 3 atom stereocenters. The third-order valence-electron chi connectivity index (χ3n) is 6.76. The highest BCUT2D eigenvalue weighted by atomic mass is 16.5. The Balaban J connectivity index is 1.73. The van der Waals surface area contributed by atoms with Crippen molar-refractivity contribution in [3.05, 3.63) is 47.5 Å². The van der Waals surface area contributed by atoms with Crippen LogP contribution in [0.3, 0.4) is 0 Å². The van der Waals surface area contributed by atoms with Gasteiger partial charge in [-0.15, -0.1) is 0 Å². The summed E-state index contributed by atoms with van der Waals surface area (Å²) < 4.78 is 17.5. The average Bonchev–Trinajstić information content (AvgIpc) is 3.55. The molecule has 2 N–H and O–H groups in total. The van der Waals surface area contributed by atoms with Crippen LogP contribution >= 0.6 is 0 Å². The quantitative estimate of drug-likeness (QED) is 0.586. The van der Waals surface area contributed by atoms with E-state index in [0.717, 1.165) is 36.1 Å². The number of hydrogen-bond acceptors (Lipinski definition) is 8. The lowest BCUT2D eigenvalue weighted by Crippen LogP contribution is -2.43. The van der Waals surface area contributed by atoms with E-state index in [-0.39, 0.29) is 19.1 Å². The van der Waals surface area contributed by atoms with Crippen molar-refractivity contribution in [2.45, 2.75) is 63.6 Å². The first-order valence-corrected chi connectivity index (χ1v) is 11.7. The number of allylic oxidation sites excluding steroid dienone is 2. The monoisotopic (exact) mass is 455 g/mol. The number of pyridine rings is 1. The van der Waals surface area contributed by atoms with Gasteiger partial charge in [-0.1, -0.05) is 43.2 Å². The Hall–Kier alpha value is -2.55. The minimum Gasteiger partial charge on any atom is -0.481 e. The maximum atomic E-state index is 9.97. The van der Waals surface area contributed by atoms with Crippen molar-refractivity contribution in [2.24, 2.45) is 5.92 Å². The fraction of sp³-hybridized carbons (Fsp3) is 0.560. The molecule has 0 aromatic carbocycles. The number of aliphatic hydroxyl groups is 2. The van der Waals surface area contributed by atoms with Crippen LogP contribution in [0.15, 0.2) is 40.5 Å². The van der Waals surface area contributed by atoms with Gasteiger partial charge in [0.15, 0.2) is 5.60 Å². The highest BCUT2D eigenvalue weighted by Crippen LogP contribution is 2.44. The van der Waals surface area contributed by atoms with Gasteiger partial charge in [-0.05, 0) is 37.8 Å². The number of hydrogen-bond donors (Lipinski definition) is 2. The maximum Gasteiger partial charge on any atom is 0.258 e. The van der Waals surface area contributed by atoms with Crippen LogP contribution in [0.4, 0.5) is 0 Å². The van der Waals surface area contributed by atoms with Crippen LogP contribution in [0.5, 0.6) is 5.88 Å². The Morgan fingerprint density at radius 3 is 2.73 bits per heavy atom. The zero-order valence-electron chi connectivity index (χ0n) is 19.5. The van der Waals surface area contributed by atoms with Gasteiger partial charge in [-0.3, -0.25) is 0 Å². The van der Waals surface area contributed by atoms with E-state index in [4.69, 9.17) is 19.0 Å². The number of methoxy groups -OCH3 is 1. The van der Waals surface area contributed by atoms with Gasteiger partial charge < -0.3 is 24.2 Å². The lowest BCUT2D eigenvalue weighted by atomic mass is 9.76. The zero-order valence-corrected chi connectivity index (χ0v) is 19.5. The predicted octanol–water partition coefficient (Wildman–Crippen LogP) is 3.91. The molecule has 1 saturated carbocycles. The topological polar surface area (TPSA) is 111 Å². The minimum atomic E-state index is -0.997. The number of aliphatic hydroxyl groups excluding tert-OH is 2. The van der Waals surface area contributed by atoms with Crippen LogP contribution < -0.4 is 4.74 Å². The fourth-order valence-electron chi connectivity index (χ4n) is 4.89. The molecular weight excluding hydrogens is 422 g/mol. The molecule has 33 heavy (non-hydrogen) atoms. The van der Waals surface area contributed by atoms with Crippen molar-refractivity contribution in [3.8, 4) is 17.3 Å². The number of rotatable bonds is 9. The van der Waals surface area contributed by atoms with E-state index in [1.165, 1.54) is 12.8 Å². The van der Waals surface area contributed by atoms with Crippen LogP contribution in [0.25, 0.3) is 11.5 Å². The Kier molecular flexibility index (Phi) is 7.26. The van der Waals surface area contributed by atoms with E-state index >= 15 is 0 Å². The van der Waals surface area contributed by atoms with Gasteiger partial charge >= 0.3 is 0 Å². The molecule has 2 aromatic heterocycles. The summed E-state index contributed by atoms with van der Waals surface area (Å²) in [5.74, 6) is 1.64. The van der Waals surface area contributed by atoms with Crippen LogP contribution in [-0.4, -0.2) is 51.8 Å². The van der Waals surface area contributed by atoms with Gasteiger partial charge in [0.25, 0.3) is 5.89 Å². The molecule has 2 aliphatic rings. The largest absolute Gasteiger partial charge is 0.481 e. The predicted molar refractivity (Wildman–Crippen MR) is 123 cm³/mol. The molecule has 0 radical (unpaired) electrons. The molecule has 1 fully saturated rings. The van der Waals surface area contributed by atoms with E-state index in [0.29, 0.717) is 23.5 Å². The summed E-state index contributed by atoms with van der Waals surface area (Å²) in [5.41, 5.74) is 1.66. The van der Waals surface area contributed by atoms with Crippen molar-refractivity contribution in [1.82, 2.24) is 15.1 Å². The van der Waals surface area contributed by atoms with Crippen LogP contribution in [0, 0.1) is 5.92 Å². The summed E-state index contributed by atoms with van der Waals surface area (Å²) in [6.07, 6.45) is 10.4. The number of nitrogens with zero attached hydrogens (tertiary/aromatic N) is 3. The smallest absolute Gasteiger partial charge is 0.258 e. The molecule has 0 amide bonds. The van der Waals surface area contributed by atoms with E-state index in [9.17, 15) is 10.2 Å². The van der Waals surface area contributed by atoms with Gasteiger partial charge in [-0.25, -0.2) is 4.98 Å². The standard InChI is InChI=1S/C25H33N3O5/c1-4-19-11-7-8-16(2)25(19,32-15-20(30)14-29)24-27-23(33-28-24)18-12-21(17-9-5-6-10-17)26-22(13-18)31-3/h7-8,11-13,17,19-20,29-30H,4-6,9-10,14-15H2,1-3H3. The van der Waals surface area contributed by atoms with E-state index in [2.05, 4.69) is 23.1 Å². The molecule has 8 nitrogen and oxygen atoms in total. The summed E-state index contributed by atoms with van der Waals surface area (Å²) in [6, 6.07) is 3.82. The molecular formula is C25H33N3O5. The molecule has 3 unspecified atom stereocenters. The molecule has 2 heterocycles. The highest BCUT2D eigenvalue weighted by Gasteiger charge is 2.47. The molecule has 0 bridgehead atoms. The minimum absolute atomic E-state index is 0.0508. The van der Waals surface area contributed by atoms with E-state index in [1.807, 2.05) is 25.1 Å². The summed E-state index contributed by atoms with van der Waals surface area (Å²) in [6.45, 7) is 3.59. The number of aromatic nitrogens is 3. The van der Waals surface area contributed by atoms with Crippen LogP contribution in [0.1, 0.15) is 63.4 Å². The van der Waals surface area contributed by atoms with Crippen molar-refractivity contribution in [3.63, 3.8) is 0 Å². The average molecular weight is 456 g/mol. The second kappa shape index (κ2) is 10.2. The fourth-order valence-corrected chi connectivity index (χ4v) is 4.89. The van der Waals surface area contributed by atoms with Gasteiger partial charge in [-0.2, -0.15) is 4.98 Å². The molecule has 2 aromatic rings. The third-order valence-corrected chi connectivity index (χ3v) is 6.76. The summed E-state index contributed by atoms with van der Waals surface area (Å²) in [5, 5.41) is 23.6. The Labute approximate surface area is 194 Å². The second-order valence-corrected chi connectivity index (χ2v) is 8.86. The normalized spacial score (nSPS) is 24.2. The third kappa shape index (κ3) is 4.60. The second-order valence-electron chi connectivity index (χ2n) is 8.86. The van der Waals surface area contributed by atoms with E-state index < -0.39 is 11.7 Å². The van der Waals surface area contributed by atoms with Gasteiger partial charge in [0.05, 0.1) is 20.3 Å². The summed E-state index contributed by atoms with van der Waals surface area (Å²) >= 11 is 0. The Morgan fingerprint density at radius 2 is 2.03 bits per heavy atom. The summed E-state index contributed by atoms with van der Waals surface area (Å²) in [4.78, 5) is 9.43. The molecule has 0 saturated heterocycles. The first-order chi connectivity index (χ1) is 16.0. The van der Waals surface area contributed by atoms with Crippen molar-refractivity contribution < 1.29 is 24.2 Å². The lowest BCUT2D eigenvalue weighted by Gasteiger charge is -2.39. The number of ether oxygens (including phenoxy) is 2. The zero-order chi connectivity index (χ0) is 23.4. The SMILES string of the molecule is CCC1C=CC=C(C)C1(OCC(O)CO)c1noc(-c2cc(OC)nc(C3CCCC3)c2)n1. The Morgan fingerprint density at radius 1 is 1.24 bits per heavy atom. The van der Waals surface area contributed by atoms with E-state index in [1.54, 1.807) is 13.2 Å². The molecule has 0 aliphatic heterocycles. The van der Waals surface area contributed by atoms with Crippen molar-refractivity contribution in [1.29, 1.82) is 0 Å². The lowest BCUT2D eigenvalue weighted by molar-refractivity contribution is -0.100. The molecule has 0 spiro atoms. The first kappa shape index (κ1) is 23.6. The van der Waals surface area contributed by atoms with Gasteiger partial charge in [0.1, 0.15) is 6.10 Å². The van der Waals surface area contributed by atoms with Gasteiger partial charge in [0, 0.05) is 29.2 Å². The van der Waals surface area contributed by atoms with Crippen LogP contribution in [0.2, 0.25) is 0 Å². The van der Waals surface area contributed by atoms with Gasteiger partial charge in [0.2, 0.25) is 11.7 Å². The molecule has 2 aliphatic carbocycles.